The second-order valence-electron chi connectivity index (χ2n) is 6.27. The number of carbonyl (C=O) groups excluding carboxylic acids is 1. The molecule has 2 aromatic carbocycles. The fourth-order valence-corrected chi connectivity index (χ4v) is 2.47. The summed E-state index contributed by atoms with van der Waals surface area (Å²) in [5.74, 6) is -0.0509. The number of ether oxygens (including phenoxy) is 2. The third-order valence-electron chi connectivity index (χ3n) is 3.89. The van der Waals surface area contributed by atoms with Gasteiger partial charge in [-0.1, -0.05) is 50.1 Å². The molecule has 0 aromatic heterocycles. The molecule has 0 aliphatic rings. The maximum Gasteiger partial charge on any atom is 0.307 e. The van der Waals surface area contributed by atoms with Crippen LogP contribution in [0.15, 0.2) is 67.6 Å². The van der Waals surface area contributed by atoms with Crippen LogP contribution in [0.2, 0.25) is 0 Å². The van der Waals surface area contributed by atoms with Crippen LogP contribution in [0.1, 0.15) is 38.7 Å². The molecule has 0 atom stereocenters. The van der Waals surface area contributed by atoms with Gasteiger partial charge in [0, 0.05) is 12.5 Å². The van der Waals surface area contributed by atoms with Gasteiger partial charge in [0.25, 0.3) is 0 Å². The van der Waals surface area contributed by atoms with E-state index in [1.807, 2.05) is 12.1 Å². The van der Waals surface area contributed by atoms with Crippen LogP contribution >= 0.6 is 0 Å². The number of aliphatic hydroxyl groups is 1. The molecule has 0 aliphatic heterocycles. The van der Waals surface area contributed by atoms with E-state index in [0.29, 0.717) is 11.3 Å². The highest BCUT2D eigenvalue weighted by Crippen LogP contribution is 2.26. The second-order valence-corrected chi connectivity index (χ2v) is 6.27. The van der Waals surface area contributed by atoms with E-state index < -0.39 is 5.97 Å². The molecule has 29 heavy (non-hydrogen) atoms. The van der Waals surface area contributed by atoms with Crippen molar-refractivity contribution in [3.63, 3.8) is 0 Å². The van der Waals surface area contributed by atoms with E-state index in [4.69, 9.17) is 9.84 Å². The number of halogens is 1. The van der Waals surface area contributed by atoms with E-state index in [1.54, 1.807) is 30.3 Å². The molecule has 0 unspecified atom stereocenters. The molecule has 5 heteroatoms. The summed E-state index contributed by atoms with van der Waals surface area (Å²) in [7, 11) is 0. The Morgan fingerprint density at radius 3 is 2.38 bits per heavy atom. The van der Waals surface area contributed by atoms with E-state index in [9.17, 15) is 9.18 Å². The standard InChI is InChI=1S/C21H23FO3.C3H6O/c1-3-4-5-6-17-7-12-20(21(22)15-17)18-8-10-19(11-9-18)25-14-13-24-16(2)23;1-2-3-4/h7-15H,3-6H2,1-2H3;2,4H,1,3H2/b14-13-;. The van der Waals surface area contributed by atoms with Gasteiger partial charge in [-0.3, -0.25) is 4.79 Å². The minimum atomic E-state index is -0.413. The molecule has 156 valence electrons. The SMILES string of the molecule is C=CCO.CCCCCc1ccc(-c2ccc(O/C=C\OC(C)=O)cc2)c(F)c1. The number of hydrogen-bond acceptors (Lipinski definition) is 4. The van der Waals surface area contributed by atoms with Gasteiger partial charge in [0.2, 0.25) is 0 Å². The highest BCUT2D eigenvalue weighted by Gasteiger charge is 2.06. The highest BCUT2D eigenvalue weighted by atomic mass is 19.1. The quantitative estimate of drug-likeness (QED) is 0.250. The number of unbranched alkanes of at least 4 members (excludes halogenated alkanes) is 2. The van der Waals surface area contributed by atoms with E-state index in [2.05, 4.69) is 18.2 Å². The van der Waals surface area contributed by atoms with Crippen LogP contribution < -0.4 is 4.74 Å². The highest BCUT2D eigenvalue weighted by molar-refractivity contribution is 5.66. The number of aliphatic hydroxyl groups excluding tert-OH is 1. The van der Waals surface area contributed by atoms with Crippen molar-refractivity contribution in [2.45, 2.75) is 39.5 Å². The van der Waals surface area contributed by atoms with Crippen molar-refractivity contribution in [2.75, 3.05) is 6.61 Å². The van der Waals surface area contributed by atoms with Gasteiger partial charge in [-0.05, 0) is 42.2 Å². The Bertz CT molecular complexity index is 782. The molecular weight excluding hydrogens is 371 g/mol. The Morgan fingerprint density at radius 1 is 1.14 bits per heavy atom. The third kappa shape index (κ3) is 9.72. The van der Waals surface area contributed by atoms with Crippen LogP contribution in [0.3, 0.4) is 0 Å². The smallest absolute Gasteiger partial charge is 0.307 e. The summed E-state index contributed by atoms with van der Waals surface area (Å²) >= 11 is 0. The summed E-state index contributed by atoms with van der Waals surface area (Å²) in [4.78, 5) is 10.6. The first-order valence-corrected chi connectivity index (χ1v) is 9.61. The van der Waals surface area contributed by atoms with Crippen LogP contribution in [-0.2, 0) is 16.0 Å². The Hall–Kier alpha value is -2.92. The molecule has 0 fully saturated rings. The maximum absolute atomic E-state index is 14.4. The first kappa shape index (κ1) is 24.1. The molecule has 0 aliphatic carbocycles. The van der Waals surface area contributed by atoms with Crippen molar-refractivity contribution in [3.8, 4) is 16.9 Å². The van der Waals surface area contributed by atoms with Gasteiger partial charge in [-0.15, -0.1) is 6.58 Å². The number of hydrogen-bond donors (Lipinski definition) is 1. The predicted octanol–water partition coefficient (Wildman–Crippen LogP) is 5.80. The monoisotopic (exact) mass is 400 g/mol. The van der Waals surface area contributed by atoms with Gasteiger partial charge in [0.05, 0.1) is 6.61 Å². The van der Waals surface area contributed by atoms with Crippen molar-refractivity contribution in [1.29, 1.82) is 0 Å². The number of rotatable bonds is 9. The molecule has 0 saturated carbocycles. The molecule has 0 bridgehead atoms. The number of esters is 1. The van der Waals surface area contributed by atoms with Crippen molar-refractivity contribution in [1.82, 2.24) is 0 Å². The van der Waals surface area contributed by atoms with Crippen LogP contribution in [-0.4, -0.2) is 17.7 Å². The van der Waals surface area contributed by atoms with Gasteiger partial charge < -0.3 is 14.6 Å². The van der Waals surface area contributed by atoms with Crippen LogP contribution in [0, 0.1) is 5.82 Å². The zero-order valence-corrected chi connectivity index (χ0v) is 17.1. The van der Waals surface area contributed by atoms with Crippen LogP contribution in [0.4, 0.5) is 4.39 Å². The zero-order valence-electron chi connectivity index (χ0n) is 17.1. The molecule has 2 aromatic rings. The maximum atomic E-state index is 14.4. The third-order valence-corrected chi connectivity index (χ3v) is 3.89. The number of benzene rings is 2. The molecule has 2 rings (SSSR count). The van der Waals surface area contributed by atoms with Gasteiger partial charge in [0.1, 0.15) is 24.1 Å². The topological polar surface area (TPSA) is 55.8 Å². The number of aryl methyl sites for hydroxylation is 1. The molecular formula is C24H29FO4. The Kier molecular flexibility index (Phi) is 11.8. The van der Waals surface area contributed by atoms with Gasteiger partial charge in [-0.25, -0.2) is 4.39 Å². The van der Waals surface area contributed by atoms with E-state index in [1.165, 1.54) is 25.5 Å². The van der Waals surface area contributed by atoms with E-state index >= 15 is 0 Å². The van der Waals surface area contributed by atoms with Crippen LogP contribution in [0.5, 0.6) is 5.75 Å². The minimum absolute atomic E-state index is 0.0833. The summed E-state index contributed by atoms with van der Waals surface area (Å²) < 4.78 is 24.3. The lowest BCUT2D eigenvalue weighted by Crippen LogP contribution is -1.92. The summed E-state index contributed by atoms with van der Waals surface area (Å²) in [6, 6.07) is 12.5. The minimum Gasteiger partial charge on any atom is -0.462 e. The zero-order chi connectivity index (χ0) is 21.5. The summed E-state index contributed by atoms with van der Waals surface area (Å²) in [5.41, 5.74) is 2.39. The largest absolute Gasteiger partial charge is 0.462 e. The second kappa shape index (κ2) is 14.1. The predicted molar refractivity (Wildman–Crippen MR) is 114 cm³/mol. The summed E-state index contributed by atoms with van der Waals surface area (Å²) in [6.45, 7) is 6.78. The van der Waals surface area contributed by atoms with E-state index in [-0.39, 0.29) is 12.4 Å². The lowest BCUT2D eigenvalue weighted by Gasteiger charge is -2.08. The van der Waals surface area contributed by atoms with Crippen LogP contribution in [0.25, 0.3) is 11.1 Å². The lowest BCUT2D eigenvalue weighted by atomic mass is 10.0. The molecule has 0 saturated heterocycles. The molecule has 0 radical (unpaired) electrons. The first-order valence-electron chi connectivity index (χ1n) is 9.61. The average Bonchev–Trinajstić information content (AvgIpc) is 2.72. The first-order chi connectivity index (χ1) is 14.0. The van der Waals surface area contributed by atoms with Gasteiger partial charge >= 0.3 is 5.97 Å². The van der Waals surface area contributed by atoms with E-state index in [0.717, 1.165) is 36.8 Å². The lowest BCUT2D eigenvalue weighted by molar-refractivity contribution is -0.135. The fourth-order valence-electron chi connectivity index (χ4n) is 2.47. The summed E-state index contributed by atoms with van der Waals surface area (Å²) in [6.07, 6.45) is 8.20. The molecule has 0 amide bonds. The van der Waals surface area contributed by atoms with Gasteiger partial charge in [0.15, 0.2) is 0 Å². The van der Waals surface area contributed by atoms with Crippen molar-refractivity contribution in [3.05, 3.63) is 79.0 Å². The Balaban J connectivity index is 0.000000960. The van der Waals surface area contributed by atoms with Crippen molar-refractivity contribution >= 4 is 5.97 Å². The fraction of sp³-hybridized carbons (Fsp3) is 0.292. The number of carbonyl (C=O) groups is 1. The Morgan fingerprint density at radius 2 is 1.83 bits per heavy atom. The molecule has 0 spiro atoms. The molecule has 1 N–H and O–H groups in total. The van der Waals surface area contributed by atoms with Crippen molar-refractivity contribution < 1.29 is 23.8 Å². The molecule has 0 heterocycles. The summed E-state index contributed by atoms with van der Waals surface area (Å²) in [5, 5.41) is 7.76. The Labute approximate surface area is 172 Å². The average molecular weight is 400 g/mol. The molecule has 4 nitrogen and oxygen atoms in total. The normalized spacial score (nSPS) is 10.2. The van der Waals surface area contributed by atoms with Crippen molar-refractivity contribution in [2.24, 2.45) is 0 Å². The van der Waals surface area contributed by atoms with Gasteiger partial charge in [-0.2, -0.15) is 0 Å².